The van der Waals surface area contributed by atoms with E-state index in [2.05, 4.69) is 10.2 Å². The van der Waals surface area contributed by atoms with Crippen LogP contribution >= 0.6 is 0 Å². The quantitative estimate of drug-likeness (QED) is 0.598. The molecule has 1 unspecified atom stereocenters. The van der Waals surface area contributed by atoms with Crippen molar-refractivity contribution in [3.8, 4) is 11.1 Å². The maximum absolute atomic E-state index is 12.8. The van der Waals surface area contributed by atoms with Crippen molar-refractivity contribution >= 4 is 23.4 Å². The molecule has 3 aliphatic rings. The summed E-state index contributed by atoms with van der Waals surface area (Å²) in [5.74, 6) is 1.04. The molecular weight excluding hydrogens is 499 g/mol. The predicted octanol–water partition coefficient (Wildman–Crippen LogP) is 4.27. The molecule has 206 valence electrons. The number of anilines is 3. The number of nitrogens with one attached hydrogen (secondary N) is 1. The summed E-state index contributed by atoms with van der Waals surface area (Å²) in [5, 5.41) is 13.2. The number of amides is 2. The second-order valence-corrected chi connectivity index (χ2v) is 10.9. The number of aromatic nitrogens is 1. The molecular formula is C27H34F3N5O3. The predicted molar refractivity (Wildman–Crippen MR) is 140 cm³/mol. The Morgan fingerprint density at radius 1 is 1.13 bits per heavy atom. The number of hydrogen-bond acceptors (Lipinski definition) is 6. The molecule has 0 radical (unpaired) electrons. The Kier molecular flexibility index (Phi) is 7.17. The van der Waals surface area contributed by atoms with E-state index in [1.165, 1.54) is 4.90 Å². The van der Waals surface area contributed by atoms with Gasteiger partial charge in [0.2, 0.25) is 0 Å². The van der Waals surface area contributed by atoms with Gasteiger partial charge < -0.3 is 29.9 Å². The number of aryl methyl sites for hydroxylation is 1. The van der Waals surface area contributed by atoms with Crippen LogP contribution in [0.2, 0.25) is 0 Å². The van der Waals surface area contributed by atoms with Crippen LogP contribution in [0.5, 0.6) is 0 Å². The van der Waals surface area contributed by atoms with E-state index in [1.807, 2.05) is 36.1 Å². The van der Waals surface area contributed by atoms with Crippen molar-refractivity contribution in [2.45, 2.75) is 38.5 Å². The molecule has 0 saturated carbocycles. The average molecular weight is 534 g/mol. The van der Waals surface area contributed by atoms with E-state index in [9.17, 15) is 23.1 Å². The molecule has 0 spiro atoms. The number of pyridine rings is 1. The van der Waals surface area contributed by atoms with E-state index in [-0.39, 0.29) is 6.54 Å². The molecule has 2 aromatic rings. The third-order valence-corrected chi connectivity index (χ3v) is 7.41. The van der Waals surface area contributed by atoms with E-state index in [0.717, 1.165) is 41.4 Å². The van der Waals surface area contributed by atoms with Gasteiger partial charge in [0.05, 0.1) is 18.8 Å². The van der Waals surface area contributed by atoms with Crippen molar-refractivity contribution in [2.24, 2.45) is 5.92 Å². The van der Waals surface area contributed by atoms with Gasteiger partial charge in [-0.25, -0.2) is 9.78 Å². The molecule has 38 heavy (non-hydrogen) atoms. The van der Waals surface area contributed by atoms with Crippen LogP contribution < -0.4 is 15.1 Å². The van der Waals surface area contributed by atoms with Gasteiger partial charge in [0, 0.05) is 51.4 Å². The van der Waals surface area contributed by atoms with E-state index in [4.69, 9.17) is 9.72 Å². The number of aliphatic hydroxyl groups is 1. The molecule has 8 nitrogen and oxygen atoms in total. The highest BCUT2D eigenvalue weighted by Crippen LogP contribution is 2.35. The maximum Gasteiger partial charge on any atom is 0.389 e. The number of β-amino-alcohol motifs (C(OH)–C–C–N with tert-alkyl or cyclic N) is 1. The Balaban J connectivity index is 1.37. The summed E-state index contributed by atoms with van der Waals surface area (Å²) in [4.78, 5) is 23.4. The van der Waals surface area contributed by atoms with Gasteiger partial charge in [-0.3, -0.25) is 0 Å². The lowest BCUT2D eigenvalue weighted by molar-refractivity contribution is -0.143. The Hall–Kier alpha value is -3.05. The summed E-state index contributed by atoms with van der Waals surface area (Å²) >= 11 is 0. The number of rotatable bonds is 5. The first-order chi connectivity index (χ1) is 18.0. The number of nitrogens with zero attached hydrogens (tertiary/aromatic N) is 4. The van der Waals surface area contributed by atoms with Crippen LogP contribution in [-0.2, 0) is 4.74 Å². The van der Waals surface area contributed by atoms with Gasteiger partial charge >= 0.3 is 12.2 Å². The van der Waals surface area contributed by atoms with Crippen LogP contribution in [0, 0.1) is 12.8 Å². The van der Waals surface area contributed by atoms with E-state index in [1.54, 1.807) is 13.0 Å². The summed E-state index contributed by atoms with van der Waals surface area (Å²) in [6.45, 7) is 7.90. The number of carbonyl (C=O) groups excluding carboxylic acids is 1. The summed E-state index contributed by atoms with van der Waals surface area (Å²) in [6, 6.07) is 9.25. The molecule has 3 aliphatic heterocycles. The van der Waals surface area contributed by atoms with Gasteiger partial charge in [0.1, 0.15) is 11.6 Å². The fraction of sp³-hybridized carbons (Fsp3) is 0.556. The molecule has 1 aromatic heterocycles. The van der Waals surface area contributed by atoms with Crippen molar-refractivity contribution in [3.63, 3.8) is 0 Å². The van der Waals surface area contributed by atoms with Crippen LogP contribution in [0.1, 0.15) is 25.3 Å². The summed E-state index contributed by atoms with van der Waals surface area (Å²) in [7, 11) is 0. The lowest BCUT2D eigenvalue weighted by Gasteiger charge is -2.45. The smallest absolute Gasteiger partial charge is 0.386 e. The number of halogens is 3. The van der Waals surface area contributed by atoms with E-state index >= 15 is 0 Å². The first-order valence-electron chi connectivity index (χ1n) is 13.0. The van der Waals surface area contributed by atoms with Crippen LogP contribution in [0.25, 0.3) is 11.1 Å². The summed E-state index contributed by atoms with van der Waals surface area (Å²) in [6.07, 6.45) is -4.74. The fourth-order valence-corrected chi connectivity index (χ4v) is 5.44. The number of ether oxygens (including phenoxy) is 1. The SMILES string of the molecule is Cc1ccc(NC(=O)N2CCC(CC(F)(F)F)C2)cc1-c1cc(N2CCOCC2)nc(N2CC(C)(O)C2)c1. The van der Waals surface area contributed by atoms with Gasteiger partial charge in [-0.15, -0.1) is 0 Å². The minimum atomic E-state index is -4.22. The number of alkyl halides is 3. The van der Waals surface area contributed by atoms with Gasteiger partial charge in [0.15, 0.2) is 0 Å². The van der Waals surface area contributed by atoms with Crippen LogP contribution in [-0.4, -0.2) is 85.3 Å². The summed E-state index contributed by atoms with van der Waals surface area (Å²) in [5.41, 5.74) is 2.70. The molecule has 0 bridgehead atoms. The normalized spacial score (nSPS) is 21.4. The van der Waals surface area contributed by atoms with Gasteiger partial charge in [-0.1, -0.05) is 6.07 Å². The molecule has 1 aromatic carbocycles. The highest BCUT2D eigenvalue weighted by molar-refractivity contribution is 5.91. The standard InChI is InChI=1S/C27H34F3N5O3/c1-18-3-4-21(31-25(36)34-6-5-19(15-34)14-27(28,29)30)13-22(18)20-11-23(33-7-9-38-10-8-33)32-24(12-20)35-16-26(2,37)17-35/h3-4,11-13,19,37H,5-10,14-17H2,1-2H3,(H,31,36). The Morgan fingerprint density at radius 2 is 1.82 bits per heavy atom. The topological polar surface area (TPSA) is 81.2 Å². The van der Waals surface area contributed by atoms with Crippen LogP contribution in [0.3, 0.4) is 0 Å². The zero-order chi connectivity index (χ0) is 27.1. The molecule has 0 aliphatic carbocycles. The van der Waals surface area contributed by atoms with E-state index in [0.29, 0.717) is 45.0 Å². The second kappa shape index (κ2) is 10.3. The van der Waals surface area contributed by atoms with Crippen LogP contribution in [0.15, 0.2) is 30.3 Å². The molecule has 5 rings (SSSR count). The fourth-order valence-electron chi connectivity index (χ4n) is 5.44. The number of morpholine rings is 1. The van der Waals surface area contributed by atoms with Crippen molar-refractivity contribution in [3.05, 3.63) is 35.9 Å². The molecule has 3 fully saturated rings. The second-order valence-electron chi connectivity index (χ2n) is 10.9. The highest BCUT2D eigenvalue weighted by Gasteiger charge is 2.38. The van der Waals surface area contributed by atoms with Crippen molar-refractivity contribution in [1.29, 1.82) is 0 Å². The van der Waals surface area contributed by atoms with Crippen molar-refractivity contribution in [2.75, 3.05) is 67.6 Å². The number of benzene rings is 1. The largest absolute Gasteiger partial charge is 0.389 e. The molecule has 4 heterocycles. The zero-order valence-electron chi connectivity index (χ0n) is 21.7. The third-order valence-electron chi connectivity index (χ3n) is 7.41. The van der Waals surface area contributed by atoms with Crippen molar-refractivity contribution in [1.82, 2.24) is 9.88 Å². The molecule has 2 N–H and O–H groups in total. The van der Waals surface area contributed by atoms with Gasteiger partial charge in [-0.2, -0.15) is 13.2 Å². The van der Waals surface area contributed by atoms with E-state index < -0.39 is 30.1 Å². The molecule has 2 amide bonds. The highest BCUT2D eigenvalue weighted by atomic mass is 19.4. The first-order valence-corrected chi connectivity index (χ1v) is 13.0. The minimum absolute atomic E-state index is 0.0975. The van der Waals surface area contributed by atoms with Gasteiger partial charge in [0.25, 0.3) is 0 Å². The Labute approximate surface area is 220 Å². The average Bonchev–Trinajstić information content (AvgIpc) is 3.31. The lowest BCUT2D eigenvalue weighted by Crippen LogP contribution is -2.60. The number of carbonyl (C=O) groups is 1. The monoisotopic (exact) mass is 533 g/mol. The Bertz CT molecular complexity index is 1180. The first kappa shape index (κ1) is 26.6. The summed E-state index contributed by atoms with van der Waals surface area (Å²) < 4.78 is 43.8. The lowest BCUT2D eigenvalue weighted by atomic mass is 9.96. The zero-order valence-corrected chi connectivity index (χ0v) is 21.7. The minimum Gasteiger partial charge on any atom is -0.386 e. The number of urea groups is 1. The number of hydrogen-bond donors (Lipinski definition) is 2. The van der Waals surface area contributed by atoms with Crippen molar-refractivity contribution < 1.29 is 27.8 Å². The van der Waals surface area contributed by atoms with Gasteiger partial charge in [-0.05, 0) is 67.1 Å². The molecule has 3 saturated heterocycles. The molecule has 1 atom stereocenters. The molecule has 11 heteroatoms. The van der Waals surface area contributed by atoms with Crippen LogP contribution in [0.4, 0.5) is 35.3 Å². The number of likely N-dealkylation sites (tertiary alicyclic amines) is 1. The third kappa shape index (κ3) is 6.15. The Morgan fingerprint density at radius 3 is 2.47 bits per heavy atom. The maximum atomic E-state index is 12.8.